The Morgan fingerprint density at radius 3 is 3.05 bits per heavy atom. The van der Waals surface area contributed by atoms with Gasteiger partial charge in [0.1, 0.15) is 12.4 Å². The lowest BCUT2D eigenvalue weighted by molar-refractivity contribution is 0.193. The Bertz CT molecular complexity index is 553. The van der Waals surface area contributed by atoms with Crippen molar-refractivity contribution in [2.24, 2.45) is 7.05 Å². The van der Waals surface area contributed by atoms with Crippen LogP contribution in [0.4, 0.5) is 0 Å². The predicted molar refractivity (Wildman–Crippen MR) is 76.3 cm³/mol. The highest BCUT2D eigenvalue weighted by Crippen LogP contribution is 2.26. The summed E-state index contributed by atoms with van der Waals surface area (Å²) < 4.78 is 1.93. The van der Waals surface area contributed by atoms with E-state index in [4.69, 9.17) is 0 Å². The Hall–Kier alpha value is -1.31. The number of aromatic nitrogens is 4. The van der Waals surface area contributed by atoms with Crippen molar-refractivity contribution in [3.63, 3.8) is 0 Å². The van der Waals surface area contributed by atoms with Crippen LogP contribution in [0, 0.1) is 0 Å². The molecule has 2 aromatic rings. The molecule has 0 aliphatic carbocycles. The summed E-state index contributed by atoms with van der Waals surface area (Å²) in [6, 6.07) is 0. The van der Waals surface area contributed by atoms with Crippen LogP contribution in [0.5, 0.6) is 0 Å². The molecule has 0 aromatic carbocycles. The first-order valence-electron chi connectivity index (χ1n) is 6.86. The molecule has 1 fully saturated rings. The SMILES string of the molecule is Cn1c(CO)nnc1[C@H]1CCCN(Cc2cscn2)C1. The Kier molecular flexibility index (Phi) is 4.09. The Labute approximate surface area is 122 Å². The van der Waals surface area contributed by atoms with Crippen molar-refractivity contribution in [1.29, 1.82) is 0 Å². The summed E-state index contributed by atoms with van der Waals surface area (Å²) in [6.07, 6.45) is 2.29. The van der Waals surface area contributed by atoms with Gasteiger partial charge in [-0.25, -0.2) is 4.98 Å². The number of hydrogen-bond acceptors (Lipinski definition) is 6. The zero-order valence-corrected chi connectivity index (χ0v) is 12.4. The van der Waals surface area contributed by atoms with Crippen LogP contribution in [-0.2, 0) is 20.2 Å². The second-order valence-electron chi connectivity index (χ2n) is 5.25. The molecule has 0 saturated carbocycles. The third-order valence-electron chi connectivity index (χ3n) is 3.88. The number of piperidine rings is 1. The van der Waals surface area contributed by atoms with Crippen LogP contribution in [0.1, 0.15) is 36.1 Å². The fraction of sp³-hybridized carbons (Fsp3) is 0.615. The molecule has 1 saturated heterocycles. The lowest BCUT2D eigenvalue weighted by atomic mass is 9.97. The third-order valence-corrected chi connectivity index (χ3v) is 4.52. The fourth-order valence-electron chi connectivity index (χ4n) is 2.82. The quantitative estimate of drug-likeness (QED) is 0.916. The molecule has 6 nitrogen and oxygen atoms in total. The van der Waals surface area contributed by atoms with Gasteiger partial charge < -0.3 is 9.67 Å². The molecule has 0 unspecified atom stereocenters. The van der Waals surface area contributed by atoms with Crippen molar-refractivity contribution < 1.29 is 5.11 Å². The molecular weight excluding hydrogens is 274 g/mol. The maximum atomic E-state index is 9.21. The van der Waals surface area contributed by atoms with Gasteiger partial charge in [-0.15, -0.1) is 21.5 Å². The normalized spacial score (nSPS) is 20.4. The largest absolute Gasteiger partial charge is 0.388 e. The molecule has 1 aliphatic heterocycles. The summed E-state index contributed by atoms with van der Waals surface area (Å²) in [5.41, 5.74) is 3.03. The topological polar surface area (TPSA) is 67.1 Å². The van der Waals surface area contributed by atoms with Crippen LogP contribution in [0.25, 0.3) is 0 Å². The fourth-order valence-corrected chi connectivity index (χ4v) is 3.37. The molecule has 2 aromatic heterocycles. The van der Waals surface area contributed by atoms with Gasteiger partial charge >= 0.3 is 0 Å². The number of likely N-dealkylation sites (tertiary alicyclic amines) is 1. The second kappa shape index (κ2) is 5.99. The Balaban J connectivity index is 1.69. The number of rotatable bonds is 4. The van der Waals surface area contributed by atoms with Crippen molar-refractivity contribution in [3.05, 3.63) is 28.2 Å². The predicted octanol–water partition coefficient (Wildman–Crippen LogP) is 1.14. The summed E-state index contributed by atoms with van der Waals surface area (Å²) in [6.45, 7) is 2.94. The minimum atomic E-state index is -0.0568. The van der Waals surface area contributed by atoms with Gasteiger partial charge in [0.25, 0.3) is 0 Å². The summed E-state index contributed by atoms with van der Waals surface area (Å²) in [4.78, 5) is 6.78. The van der Waals surface area contributed by atoms with E-state index in [9.17, 15) is 5.11 Å². The molecule has 0 spiro atoms. The summed E-state index contributed by atoms with van der Waals surface area (Å²) in [5, 5.41) is 19.6. The van der Waals surface area contributed by atoms with Crippen LogP contribution in [0.3, 0.4) is 0 Å². The maximum absolute atomic E-state index is 9.21. The standard InChI is InChI=1S/C13H19N5OS/c1-17-12(7-19)15-16-13(17)10-3-2-4-18(5-10)6-11-8-20-9-14-11/h8-10,19H,2-7H2,1H3/t10-/m0/s1. The van der Waals surface area contributed by atoms with Gasteiger partial charge in [-0.05, 0) is 19.4 Å². The Morgan fingerprint density at radius 1 is 1.45 bits per heavy atom. The molecule has 3 heterocycles. The third kappa shape index (κ3) is 2.74. The molecule has 1 atom stereocenters. The molecule has 20 heavy (non-hydrogen) atoms. The average molecular weight is 293 g/mol. The van der Waals surface area contributed by atoms with Gasteiger partial charge in [0.15, 0.2) is 5.82 Å². The Morgan fingerprint density at radius 2 is 2.35 bits per heavy atom. The monoisotopic (exact) mass is 293 g/mol. The van der Waals surface area contributed by atoms with Gasteiger partial charge in [0.2, 0.25) is 0 Å². The number of nitrogens with zero attached hydrogens (tertiary/aromatic N) is 5. The van der Waals surface area contributed by atoms with Crippen molar-refractivity contribution >= 4 is 11.3 Å². The smallest absolute Gasteiger partial charge is 0.158 e. The number of thiazole rings is 1. The molecule has 7 heteroatoms. The van der Waals surface area contributed by atoms with Crippen molar-refractivity contribution in [3.8, 4) is 0 Å². The molecule has 0 radical (unpaired) electrons. The van der Waals surface area contributed by atoms with Crippen LogP contribution in [-0.4, -0.2) is 42.8 Å². The maximum Gasteiger partial charge on any atom is 0.158 e. The molecule has 108 valence electrons. The lowest BCUT2D eigenvalue weighted by Gasteiger charge is -2.31. The van der Waals surface area contributed by atoms with Crippen molar-refractivity contribution in [2.75, 3.05) is 13.1 Å². The summed E-state index contributed by atoms with van der Waals surface area (Å²) in [5.74, 6) is 2.01. The van der Waals surface area contributed by atoms with E-state index in [1.165, 1.54) is 0 Å². The first-order chi connectivity index (χ1) is 9.78. The van der Waals surface area contributed by atoms with Crippen LogP contribution < -0.4 is 0 Å². The molecule has 1 aliphatic rings. The number of hydrogen-bond donors (Lipinski definition) is 1. The molecule has 1 N–H and O–H groups in total. The molecular formula is C13H19N5OS. The highest BCUT2D eigenvalue weighted by molar-refractivity contribution is 7.07. The van der Waals surface area contributed by atoms with E-state index < -0.39 is 0 Å². The van der Waals surface area contributed by atoms with E-state index in [0.29, 0.717) is 11.7 Å². The average Bonchev–Trinajstić information content (AvgIpc) is 3.08. The van der Waals surface area contributed by atoms with Gasteiger partial charge in [0, 0.05) is 31.4 Å². The van der Waals surface area contributed by atoms with E-state index in [1.54, 1.807) is 11.3 Å². The van der Waals surface area contributed by atoms with Gasteiger partial charge in [-0.2, -0.15) is 0 Å². The van der Waals surface area contributed by atoms with E-state index in [2.05, 4.69) is 25.5 Å². The minimum Gasteiger partial charge on any atom is -0.388 e. The van der Waals surface area contributed by atoms with Gasteiger partial charge in [-0.3, -0.25) is 4.90 Å². The van der Waals surface area contributed by atoms with Gasteiger partial charge in [-0.1, -0.05) is 0 Å². The molecule has 3 rings (SSSR count). The highest BCUT2D eigenvalue weighted by atomic mass is 32.1. The summed E-state index contributed by atoms with van der Waals surface area (Å²) >= 11 is 1.64. The molecule has 0 amide bonds. The van der Waals surface area contributed by atoms with Crippen LogP contribution in [0.2, 0.25) is 0 Å². The number of aliphatic hydroxyl groups is 1. The first-order valence-corrected chi connectivity index (χ1v) is 7.80. The highest BCUT2D eigenvalue weighted by Gasteiger charge is 2.26. The lowest BCUT2D eigenvalue weighted by Crippen LogP contribution is -2.35. The molecule has 0 bridgehead atoms. The van der Waals surface area contributed by atoms with Crippen molar-refractivity contribution in [2.45, 2.75) is 31.9 Å². The van der Waals surface area contributed by atoms with Crippen LogP contribution in [0.15, 0.2) is 10.9 Å². The van der Waals surface area contributed by atoms with E-state index >= 15 is 0 Å². The number of aliphatic hydroxyl groups excluding tert-OH is 1. The second-order valence-corrected chi connectivity index (χ2v) is 5.96. The van der Waals surface area contributed by atoms with Crippen molar-refractivity contribution in [1.82, 2.24) is 24.6 Å². The first kappa shape index (κ1) is 13.7. The van der Waals surface area contributed by atoms with E-state index in [-0.39, 0.29) is 6.61 Å². The zero-order chi connectivity index (χ0) is 13.9. The van der Waals surface area contributed by atoms with Gasteiger partial charge in [0.05, 0.1) is 11.2 Å². The van der Waals surface area contributed by atoms with E-state index in [1.807, 2.05) is 17.1 Å². The van der Waals surface area contributed by atoms with E-state index in [0.717, 1.165) is 44.0 Å². The van der Waals surface area contributed by atoms with Crippen LogP contribution >= 0.6 is 11.3 Å². The summed E-state index contributed by atoms with van der Waals surface area (Å²) in [7, 11) is 1.93. The zero-order valence-electron chi connectivity index (χ0n) is 11.6. The minimum absolute atomic E-state index is 0.0568.